The van der Waals surface area contributed by atoms with Crippen molar-refractivity contribution in [1.29, 1.82) is 0 Å². The van der Waals surface area contributed by atoms with Crippen LogP contribution >= 0.6 is 0 Å². The van der Waals surface area contributed by atoms with Crippen molar-refractivity contribution in [2.45, 2.75) is 11.8 Å². The monoisotopic (exact) mass is 334 g/mol. The largest absolute Gasteiger partial charge is 0.448 e. The molecular formula is C16H18N2O4S. The second-order valence-corrected chi connectivity index (χ2v) is 6.60. The number of benzene rings is 2. The van der Waals surface area contributed by atoms with E-state index < -0.39 is 16.1 Å². The molecule has 0 aliphatic carbocycles. The molecule has 2 aromatic carbocycles. The Bertz CT molecular complexity index is 743. The molecule has 0 atom stereocenters. The number of para-hydroxylation sites is 1. The van der Waals surface area contributed by atoms with E-state index in [2.05, 4.69) is 10.0 Å². The van der Waals surface area contributed by atoms with Crippen LogP contribution in [0.5, 0.6) is 0 Å². The summed E-state index contributed by atoms with van der Waals surface area (Å²) >= 11 is 0. The minimum Gasteiger partial charge on any atom is -0.448 e. The molecule has 2 N–H and O–H groups in total. The van der Waals surface area contributed by atoms with Gasteiger partial charge in [0.25, 0.3) is 0 Å². The van der Waals surface area contributed by atoms with Gasteiger partial charge in [0.2, 0.25) is 10.0 Å². The number of carbonyl (C=O) groups is 1. The first-order chi connectivity index (χ1) is 11.0. The number of rotatable bonds is 6. The Morgan fingerprint density at radius 1 is 1.04 bits per heavy atom. The molecule has 0 bridgehead atoms. The molecule has 122 valence electrons. The third-order valence-corrected chi connectivity index (χ3v) is 4.46. The van der Waals surface area contributed by atoms with Crippen molar-refractivity contribution in [1.82, 2.24) is 4.72 Å². The maximum absolute atomic E-state index is 12.0. The van der Waals surface area contributed by atoms with E-state index in [4.69, 9.17) is 4.74 Å². The van der Waals surface area contributed by atoms with E-state index >= 15 is 0 Å². The van der Waals surface area contributed by atoms with Crippen LogP contribution in [-0.4, -0.2) is 27.7 Å². The number of aryl methyl sites for hydroxylation is 1. The minimum absolute atomic E-state index is 0.00157. The van der Waals surface area contributed by atoms with E-state index in [0.29, 0.717) is 5.69 Å². The zero-order chi connectivity index (χ0) is 16.7. The third-order valence-electron chi connectivity index (χ3n) is 2.98. The summed E-state index contributed by atoms with van der Waals surface area (Å²) in [5.74, 6) is 0. The molecule has 2 aromatic rings. The van der Waals surface area contributed by atoms with Crippen LogP contribution in [0, 0.1) is 6.92 Å². The van der Waals surface area contributed by atoms with Crippen LogP contribution in [0.25, 0.3) is 0 Å². The zero-order valence-electron chi connectivity index (χ0n) is 12.7. The summed E-state index contributed by atoms with van der Waals surface area (Å²) < 4.78 is 31.3. The van der Waals surface area contributed by atoms with Gasteiger partial charge in [-0.15, -0.1) is 0 Å². The highest BCUT2D eigenvalue weighted by Gasteiger charge is 2.13. The van der Waals surface area contributed by atoms with Gasteiger partial charge in [0.05, 0.1) is 4.90 Å². The van der Waals surface area contributed by atoms with Crippen LogP contribution in [0.3, 0.4) is 0 Å². The number of hydrogen-bond donors (Lipinski definition) is 2. The standard InChI is InChI=1S/C16H18N2O4S/c1-13-7-9-15(10-8-13)23(20,21)17-11-12-22-16(19)18-14-5-3-2-4-6-14/h2-10,17H,11-12H2,1H3,(H,18,19). The number of amides is 1. The van der Waals surface area contributed by atoms with Crippen LogP contribution in [0.15, 0.2) is 59.5 Å². The van der Waals surface area contributed by atoms with Gasteiger partial charge in [-0.25, -0.2) is 17.9 Å². The highest BCUT2D eigenvalue weighted by Crippen LogP contribution is 2.09. The number of hydrogen-bond acceptors (Lipinski definition) is 4. The predicted octanol–water partition coefficient (Wildman–Crippen LogP) is 2.52. The normalized spacial score (nSPS) is 11.0. The van der Waals surface area contributed by atoms with Crippen LogP contribution in [0.1, 0.15) is 5.56 Å². The fraction of sp³-hybridized carbons (Fsp3) is 0.188. The van der Waals surface area contributed by atoms with E-state index in [1.54, 1.807) is 36.4 Å². The quantitative estimate of drug-likeness (QED) is 0.795. The first-order valence-corrected chi connectivity index (χ1v) is 8.51. The second-order valence-electron chi connectivity index (χ2n) is 4.84. The second kappa shape index (κ2) is 7.75. The maximum Gasteiger partial charge on any atom is 0.411 e. The average molecular weight is 334 g/mol. The summed E-state index contributed by atoms with van der Waals surface area (Å²) in [6.07, 6.45) is -0.634. The minimum atomic E-state index is -3.60. The van der Waals surface area contributed by atoms with Crippen LogP contribution in [0.2, 0.25) is 0 Å². The summed E-state index contributed by atoms with van der Waals surface area (Å²) in [4.78, 5) is 11.7. The van der Waals surface area contributed by atoms with Crippen molar-refractivity contribution >= 4 is 21.8 Å². The van der Waals surface area contributed by atoms with Gasteiger partial charge in [-0.3, -0.25) is 5.32 Å². The molecule has 0 heterocycles. The lowest BCUT2D eigenvalue weighted by molar-refractivity contribution is 0.164. The number of ether oxygens (including phenoxy) is 1. The molecule has 0 saturated heterocycles. The Balaban J connectivity index is 1.76. The van der Waals surface area contributed by atoms with E-state index in [9.17, 15) is 13.2 Å². The SMILES string of the molecule is Cc1ccc(S(=O)(=O)NCCOC(=O)Nc2ccccc2)cc1. The molecule has 0 spiro atoms. The predicted molar refractivity (Wildman–Crippen MR) is 87.8 cm³/mol. The Kier molecular flexibility index (Phi) is 5.72. The molecule has 0 fully saturated rings. The molecule has 0 radical (unpaired) electrons. The third kappa shape index (κ3) is 5.39. The molecule has 6 nitrogen and oxygen atoms in total. The van der Waals surface area contributed by atoms with Gasteiger partial charge in [-0.05, 0) is 31.2 Å². The van der Waals surface area contributed by atoms with Crippen molar-refractivity contribution in [2.24, 2.45) is 0 Å². The highest BCUT2D eigenvalue weighted by molar-refractivity contribution is 7.89. The summed E-state index contributed by atoms with van der Waals surface area (Å²) in [6.45, 7) is 1.81. The smallest absolute Gasteiger partial charge is 0.411 e. The van der Waals surface area contributed by atoms with Gasteiger partial charge in [0.1, 0.15) is 6.61 Å². The van der Waals surface area contributed by atoms with E-state index in [0.717, 1.165) is 5.56 Å². The van der Waals surface area contributed by atoms with Gasteiger partial charge >= 0.3 is 6.09 Å². The Morgan fingerprint density at radius 2 is 1.70 bits per heavy atom. The van der Waals surface area contributed by atoms with E-state index in [1.165, 1.54) is 12.1 Å². The summed E-state index contributed by atoms with van der Waals surface area (Å²) in [7, 11) is -3.60. The van der Waals surface area contributed by atoms with Crippen LogP contribution < -0.4 is 10.0 Å². The van der Waals surface area contributed by atoms with Crippen LogP contribution in [0.4, 0.5) is 10.5 Å². The fourth-order valence-electron chi connectivity index (χ4n) is 1.80. The zero-order valence-corrected chi connectivity index (χ0v) is 13.5. The van der Waals surface area contributed by atoms with Crippen molar-refractivity contribution in [3.05, 3.63) is 60.2 Å². The van der Waals surface area contributed by atoms with Crippen molar-refractivity contribution in [3.8, 4) is 0 Å². The number of anilines is 1. The molecular weight excluding hydrogens is 316 g/mol. The van der Waals surface area contributed by atoms with Crippen molar-refractivity contribution in [2.75, 3.05) is 18.5 Å². The van der Waals surface area contributed by atoms with Gasteiger partial charge in [0.15, 0.2) is 0 Å². The lowest BCUT2D eigenvalue weighted by Crippen LogP contribution is -2.29. The first kappa shape index (κ1) is 17.0. The molecule has 0 aliphatic heterocycles. The average Bonchev–Trinajstić information content (AvgIpc) is 2.53. The molecule has 0 saturated carbocycles. The molecule has 2 rings (SSSR count). The Labute approximate surface area is 135 Å². The molecule has 23 heavy (non-hydrogen) atoms. The van der Waals surface area contributed by atoms with Gasteiger partial charge in [-0.1, -0.05) is 35.9 Å². The van der Waals surface area contributed by atoms with Crippen molar-refractivity contribution < 1.29 is 17.9 Å². The summed E-state index contributed by atoms with van der Waals surface area (Å²) in [5.41, 5.74) is 1.59. The maximum atomic E-state index is 12.0. The lowest BCUT2D eigenvalue weighted by Gasteiger charge is -2.09. The lowest BCUT2D eigenvalue weighted by atomic mass is 10.2. The summed E-state index contributed by atoms with van der Waals surface area (Å²) in [6, 6.07) is 15.3. The Hall–Kier alpha value is -2.38. The molecule has 0 unspecified atom stereocenters. The van der Waals surface area contributed by atoms with E-state index in [-0.39, 0.29) is 18.0 Å². The van der Waals surface area contributed by atoms with Gasteiger partial charge in [0, 0.05) is 12.2 Å². The first-order valence-electron chi connectivity index (χ1n) is 7.02. The Morgan fingerprint density at radius 3 is 2.35 bits per heavy atom. The van der Waals surface area contributed by atoms with Gasteiger partial charge < -0.3 is 4.74 Å². The highest BCUT2D eigenvalue weighted by atomic mass is 32.2. The number of carbonyl (C=O) groups excluding carboxylic acids is 1. The van der Waals surface area contributed by atoms with Gasteiger partial charge in [-0.2, -0.15) is 0 Å². The van der Waals surface area contributed by atoms with Crippen molar-refractivity contribution in [3.63, 3.8) is 0 Å². The number of nitrogens with one attached hydrogen (secondary N) is 2. The molecule has 0 aliphatic rings. The molecule has 1 amide bonds. The summed E-state index contributed by atoms with van der Waals surface area (Å²) in [5, 5.41) is 2.54. The topological polar surface area (TPSA) is 84.5 Å². The number of sulfonamides is 1. The van der Waals surface area contributed by atoms with Crippen LogP contribution in [-0.2, 0) is 14.8 Å². The fourth-order valence-corrected chi connectivity index (χ4v) is 2.81. The van der Waals surface area contributed by atoms with E-state index in [1.807, 2.05) is 13.0 Å². The molecule has 0 aromatic heterocycles. The molecule has 7 heteroatoms.